The van der Waals surface area contributed by atoms with Crippen LogP contribution >= 0.6 is 11.3 Å². The van der Waals surface area contributed by atoms with Gasteiger partial charge in [0.2, 0.25) is 0 Å². The molecule has 0 spiro atoms. The number of hydrogen-bond acceptors (Lipinski definition) is 7. The number of nitrogens with zero attached hydrogens (tertiary/aromatic N) is 1. The van der Waals surface area contributed by atoms with Gasteiger partial charge >= 0.3 is 0 Å². The first-order valence-corrected chi connectivity index (χ1v) is 9.55. The first-order valence-electron chi connectivity index (χ1n) is 8.67. The summed E-state index contributed by atoms with van der Waals surface area (Å²) in [7, 11) is 4.69. The van der Waals surface area contributed by atoms with Crippen molar-refractivity contribution in [2.24, 2.45) is 0 Å². The summed E-state index contributed by atoms with van der Waals surface area (Å²) in [5.41, 5.74) is 1.79. The van der Waals surface area contributed by atoms with Crippen molar-refractivity contribution in [1.82, 2.24) is 4.98 Å². The minimum atomic E-state index is -0.308. The Kier molecular flexibility index (Phi) is 5.09. The van der Waals surface area contributed by atoms with E-state index < -0.39 is 0 Å². The van der Waals surface area contributed by atoms with E-state index in [4.69, 9.17) is 18.6 Å². The molecule has 0 saturated heterocycles. The van der Waals surface area contributed by atoms with Crippen LogP contribution in [0, 0.1) is 0 Å². The van der Waals surface area contributed by atoms with Gasteiger partial charge in [-0.15, -0.1) is 11.3 Å². The molecular weight excluding hydrogens is 392 g/mol. The predicted molar refractivity (Wildman–Crippen MR) is 111 cm³/mol. The summed E-state index contributed by atoms with van der Waals surface area (Å²) in [6.45, 7) is 0. The highest BCUT2D eigenvalue weighted by molar-refractivity contribution is 7.14. The van der Waals surface area contributed by atoms with Gasteiger partial charge in [-0.2, -0.15) is 0 Å². The number of carbonyl (C=O) groups is 1. The van der Waals surface area contributed by atoms with Crippen molar-refractivity contribution in [3.8, 4) is 28.7 Å². The van der Waals surface area contributed by atoms with Crippen LogP contribution in [0.1, 0.15) is 10.4 Å². The Labute approximate surface area is 170 Å². The number of benzene rings is 2. The van der Waals surface area contributed by atoms with E-state index in [0.717, 1.165) is 16.7 Å². The molecule has 0 radical (unpaired) electrons. The first kappa shape index (κ1) is 18.8. The van der Waals surface area contributed by atoms with Crippen molar-refractivity contribution in [3.05, 3.63) is 53.4 Å². The van der Waals surface area contributed by atoms with Crippen molar-refractivity contribution in [2.45, 2.75) is 0 Å². The van der Waals surface area contributed by atoms with Crippen LogP contribution in [0.5, 0.6) is 17.2 Å². The monoisotopic (exact) mass is 410 g/mol. The number of aromatic nitrogens is 1. The second kappa shape index (κ2) is 7.84. The molecule has 0 fully saturated rings. The molecule has 29 heavy (non-hydrogen) atoms. The smallest absolute Gasteiger partial charge is 0.257 e. The zero-order valence-electron chi connectivity index (χ0n) is 16.0. The number of thiazole rings is 1. The van der Waals surface area contributed by atoms with Crippen LogP contribution in [0.3, 0.4) is 0 Å². The summed E-state index contributed by atoms with van der Waals surface area (Å²) >= 11 is 1.31. The zero-order chi connectivity index (χ0) is 20.4. The van der Waals surface area contributed by atoms with E-state index in [9.17, 15) is 4.79 Å². The number of carbonyl (C=O) groups excluding carboxylic acids is 1. The molecule has 0 bridgehead atoms. The van der Waals surface area contributed by atoms with E-state index in [1.165, 1.54) is 25.6 Å². The molecule has 0 aliphatic rings. The van der Waals surface area contributed by atoms with Crippen LogP contribution in [0.25, 0.3) is 22.4 Å². The maximum absolute atomic E-state index is 12.6. The van der Waals surface area contributed by atoms with Crippen LogP contribution in [0.4, 0.5) is 5.13 Å². The molecule has 8 heteroatoms. The lowest BCUT2D eigenvalue weighted by atomic mass is 10.2. The lowest BCUT2D eigenvalue weighted by Gasteiger charge is -2.08. The number of fused-ring (bicyclic) bond motifs is 1. The number of rotatable bonds is 6. The van der Waals surface area contributed by atoms with E-state index in [1.807, 2.05) is 29.6 Å². The topological polar surface area (TPSA) is 82.8 Å². The van der Waals surface area contributed by atoms with Crippen LogP contribution in [0.2, 0.25) is 0 Å². The third kappa shape index (κ3) is 3.88. The number of nitrogens with one attached hydrogen (secondary N) is 1. The fourth-order valence-corrected chi connectivity index (χ4v) is 3.52. The predicted octanol–water partition coefficient (Wildman–Crippen LogP) is 4.83. The molecule has 1 N–H and O–H groups in total. The van der Waals surface area contributed by atoms with Gasteiger partial charge in [0.25, 0.3) is 5.91 Å². The minimum Gasteiger partial charge on any atom is -0.497 e. The van der Waals surface area contributed by atoms with Gasteiger partial charge in [0.1, 0.15) is 28.5 Å². The number of hydrogen-bond donors (Lipinski definition) is 1. The van der Waals surface area contributed by atoms with Crippen molar-refractivity contribution < 1.29 is 23.4 Å². The van der Waals surface area contributed by atoms with E-state index in [-0.39, 0.29) is 5.91 Å². The Morgan fingerprint density at radius 1 is 0.966 bits per heavy atom. The standard InChI is InChI=1S/C21H18N2O5S/c1-25-14-4-5-18-12(6-14)9-19(28-18)17-11-29-21(22-17)23-20(24)13-7-15(26-2)10-16(8-13)27-3/h4-11H,1-3H3,(H,22,23,24). The fraction of sp³-hybridized carbons (Fsp3) is 0.143. The van der Waals surface area contributed by atoms with Gasteiger partial charge in [-0.05, 0) is 36.4 Å². The van der Waals surface area contributed by atoms with E-state index in [2.05, 4.69) is 10.3 Å². The van der Waals surface area contributed by atoms with Gasteiger partial charge < -0.3 is 18.6 Å². The molecule has 0 aliphatic heterocycles. The van der Waals surface area contributed by atoms with Gasteiger partial charge in [0.05, 0.1) is 21.3 Å². The summed E-state index contributed by atoms with van der Waals surface area (Å²) in [6.07, 6.45) is 0. The molecule has 0 atom stereocenters. The van der Waals surface area contributed by atoms with E-state index >= 15 is 0 Å². The molecule has 4 rings (SSSR count). The maximum atomic E-state index is 12.6. The molecule has 2 aromatic heterocycles. The Morgan fingerprint density at radius 3 is 2.38 bits per heavy atom. The SMILES string of the molecule is COc1cc(OC)cc(C(=O)Nc2nc(-c3cc4cc(OC)ccc4o3)cs2)c1. The number of furan rings is 1. The van der Waals surface area contributed by atoms with Gasteiger partial charge in [0.15, 0.2) is 10.9 Å². The highest BCUT2D eigenvalue weighted by atomic mass is 32.1. The van der Waals surface area contributed by atoms with Crippen LogP contribution in [0.15, 0.2) is 52.3 Å². The second-order valence-corrected chi connectivity index (χ2v) is 6.97. The summed E-state index contributed by atoms with van der Waals surface area (Å²) in [6, 6.07) is 12.5. The van der Waals surface area contributed by atoms with Gasteiger partial charge in [0, 0.05) is 22.4 Å². The Morgan fingerprint density at radius 2 is 1.69 bits per heavy atom. The van der Waals surface area contributed by atoms with Crippen molar-refractivity contribution >= 4 is 33.3 Å². The van der Waals surface area contributed by atoms with E-state index in [1.54, 1.807) is 25.3 Å². The Hall–Kier alpha value is -3.52. The van der Waals surface area contributed by atoms with E-state index in [0.29, 0.717) is 33.6 Å². The second-order valence-electron chi connectivity index (χ2n) is 6.11. The summed E-state index contributed by atoms with van der Waals surface area (Å²) < 4.78 is 21.5. The van der Waals surface area contributed by atoms with Crippen LogP contribution in [-0.4, -0.2) is 32.2 Å². The average molecular weight is 410 g/mol. The number of methoxy groups -OCH3 is 3. The molecule has 0 aliphatic carbocycles. The largest absolute Gasteiger partial charge is 0.497 e. The molecule has 2 aromatic carbocycles. The third-order valence-electron chi connectivity index (χ3n) is 4.31. The summed E-state index contributed by atoms with van der Waals surface area (Å²) in [5.74, 6) is 2.13. The zero-order valence-corrected chi connectivity index (χ0v) is 16.8. The highest BCUT2D eigenvalue weighted by Crippen LogP contribution is 2.32. The third-order valence-corrected chi connectivity index (χ3v) is 5.07. The lowest BCUT2D eigenvalue weighted by molar-refractivity contribution is 0.102. The van der Waals surface area contributed by atoms with Gasteiger partial charge in [-0.25, -0.2) is 4.98 Å². The maximum Gasteiger partial charge on any atom is 0.257 e. The molecule has 0 saturated carbocycles. The molecule has 4 aromatic rings. The molecule has 0 unspecified atom stereocenters. The molecular formula is C21H18N2O5S. The van der Waals surface area contributed by atoms with Crippen molar-refractivity contribution in [1.29, 1.82) is 0 Å². The number of anilines is 1. The minimum absolute atomic E-state index is 0.308. The Balaban J connectivity index is 1.56. The quantitative estimate of drug-likeness (QED) is 0.490. The molecule has 7 nitrogen and oxygen atoms in total. The lowest BCUT2D eigenvalue weighted by Crippen LogP contribution is -2.12. The van der Waals surface area contributed by atoms with Gasteiger partial charge in [-0.1, -0.05) is 0 Å². The normalized spacial score (nSPS) is 10.7. The fourth-order valence-electron chi connectivity index (χ4n) is 2.83. The van der Waals surface area contributed by atoms with Crippen LogP contribution in [-0.2, 0) is 0 Å². The van der Waals surface area contributed by atoms with Crippen molar-refractivity contribution in [2.75, 3.05) is 26.6 Å². The number of amides is 1. The van der Waals surface area contributed by atoms with Crippen LogP contribution < -0.4 is 19.5 Å². The van der Waals surface area contributed by atoms with Crippen molar-refractivity contribution in [3.63, 3.8) is 0 Å². The molecule has 148 valence electrons. The molecule has 2 heterocycles. The van der Waals surface area contributed by atoms with Gasteiger partial charge in [-0.3, -0.25) is 10.1 Å². The summed E-state index contributed by atoms with van der Waals surface area (Å²) in [5, 5.41) is 6.01. The summed E-state index contributed by atoms with van der Waals surface area (Å²) in [4.78, 5) is 17.1. The first-order chi connectivity index (χ1) is 14.1. The average Bonchev–Trinajstić information content (AvgIpc) is 3.39. The highest BCUT2D eigenvalue weighted by Gasteiger charge is 2.15. The number of ether oxygens (including phenoxy) is 3. The Bertz CT molecular complexity index is 1160. The molecule has 1 amide bonds.